The molecule has 1 amide bonds. The molecular formula is C19H27N3O3. The van der Waals surface area contributed by atoms with E-state index in [-0.39, 0.29) is 29.2 Å². The summed E-state index contributed by atoms with van der Waals surface area (Å²) in [7, 11) is 0. The van der Waals surface area contributed by atoms with E-state index in [9.17, 15) is 14.7 Å². The van der Waals surface area contributed by atoms with Gasteiger partial charge < -0.3 is 15.0 Å². The minimum absolute atomic E-state index is 0.178. The number of fused-ring (bicyclic) bond motifs is 1. The first-order chi connectivity index (χ1) is 12.0. The topological polar surface area (TPSA) is 76.6 Å². The Morgan fingerprint density at radius 1 is 1.16 bits per heavy atom. The number of carbonyl (C=O) groups excluding carboxylic acids is 1. The second-order valence-electron chi connectivity index (χ2n) is 7.96. The number of pyridine rings is 1. The van der Waals surface area contributed by atoms with E-state index in [2.05, 4.69) is 9.88 Å². The van der Waals surface area contributed by atoms with Crippen LogP contribution in [0.5, 0.6) is 0 Å². The Morgan fingerprint density at radius 3 is 2.52 bits per heavy atom. The molecule has 6 nitrogen and oxygen atoms in total. The molecule has 2 aliphatic heterocycles. The lowest BCUT2D eigenvalue weighted by molar-refractivity contribution is -0.000864. The molecule has 2 saturated heterocycles. The van der Waals surface area contributed by atoms with Crippen LogP contribution >= 0.6 is 0 Å². The Morgan fingerprint density at radius 2 is 1.84 bits per heavy atom. The number of aryl methyl sites for hydroxylation is 1. The molecule has 136 valence electrons. The molecule has 1 aromatic heterocycles. The average molecular weight is 345 g/mol. The number of carbonyl (C=O) groups is 1. The van der Waals surface area contributed by atoms with E-state index in [1.807, 2.05) is 4.90 Å². The monoisotopic (exact) mass is 345 g/mol. The van der Waals surface area contributed by atoms with Crippen LogP contribution in [0.2, 0.25) is 0 Å². The molecule has 2 N–H and O–H groups in total. The molecule has 0 spiro atoms. The van der Waals surface area contributed by atoms with E-state index < -0.39 is 0 Å². The van der Waals surface area contributed by atoms with Crippen LogP contribution in [0.15, 0.2) is 16.9 Å². The fourth-order valence-electron chi connectivity index (χ4n) is 4.95. The van der Waals surface area contributed by atoms with Crippen molar-refractivity contribution >= 4 is 5.91 Å². The third-order valence-electron chi connectivity index (χ3n) is 6.29. The molecule has 4 atom stereocenters. The number of aliphatic hydroxyl groups excluding tert-OH is 1. The zero-order chi connectivity index (χ0) is 17.6. The van der Waals surface area contributed by atoms with Crippen molar-refractivity contribution in [3.63, 3.8) is 0 Å². The molecule has 25 heavy (non-hydrogen) atoms. The maximum atomic E-state index is 12.8. The second-order valence-corrected chi connectivity index (χ2v) is 7.96. The molecule has 1 aliphatic carbocycles. The number of hydrogen-bond acceptors (Lipinski definition) is 4. The largest absolute Gasteiger partial charge is 0.391 e. The van der Waals surface area contributed by atoms with Gasteiger partial charge in [0.2, 0.25) is 0 Å². The normalized spacial score (nSPS) is 32.8. The van der Waals surface area contributed by atoms with Gasteiger partial charge in [-0.25, -0.2) is 0 Å². The van der Waals surface area contributed by atoms with Gasteiger partial charge >= 0.3 is 0 Å². The SMILES string of the molecule is Cc1ccc(C(=O)N2C[C@H]3C[C@@H](N4CCCC4)[C@H](O)C[C@H]3C2)c(=O)[nH]1. The minimum atomic E-state index is -0.310. The number of amides is 1. The fourth-order valence-corrected chi connectivity index (χ4v) is 4.95. The van der Waals surface area contributed by atoms with Gasteiger partial charge in [0.05, 0.1) is 6.10 Å². The predicted octanol–water partition coefficient (Wildman–Crippen LogP) is 0.991. The molecule has 1 aromatic rings. The number of hydrogen-bond donors (Lipinski definition) is 2. The smallest absolute Gasteiger partial charge is 0.260 e. The number of aromatic amines is 1. The lowest BCUT2D eigenvalue weighted by atomic mass is 9.77. The standard InChI is InChI=1S/C19H27N3O3/c1-12-4-5-15(18(24)20-12)19(25)22-10-13-8-16(21-6-2-3-7-21)17(23)9-14(13)11-22/h4-5,13-14,16-17,23H,2-3,6-11H2,1H3,(H,20,24)/t13-,14+,16-,17-/m1/s1. The number of nitrogens with zero attached hydrogens (tertiary/aromatic N) is 2. The van der Waals surface area contributed by atoms with Crippen LogP contribution in [0.1, 0.15) is 41.7 Å². The second kappa shape index (κ2) is 6.57. The number of likely N-dealkylation sites (tertiary alicyclic amines) is 2. The Balaban J connectivity index is 1.47. The van der Waals surface area contributed by atoms with Crippen LogP contribution in [-0.4, -0.2) is 64.1 Å². The van der Waals surface area contributed by atoms with Gasteiger partial charge in [-0.15, -0.1) is 0 Å². The minimum Gasteiger partial charge on any atom is -0.391 e. The predicted molar refractivity (Wildman–Crippen MR) is 94.5 cm³/mol. The molecule has 0 aromatic carbocycles. The zero-order valence-electron chi connectivity index (χ0n) is 14.8. The van der Waals surface area contributed by atoms with Gasteiger partial charge in [-0.1, -0.05) is 0 Å². The van der Waals surface area contributed by atoms with E-state index >= 15 is 0 Å². The summed E-state index contributed by atoms with van der Waals surface area (Å²) in [5, 5.41) is 10.6. The summed E-state index contributed by atoms with van der Waals surface area (Å²) in [4.78, 5) is 31.8. The number of nitrogens with one attached hydrogen (secondary N) is 1. The summed E-state index contributed by atoms with van der Waals surface area (Å²) in [6, 6.07) is 3.63. The Bertz CT molecular complexity index is 710. The van der Waals surface area contributed by atoms with Crippen molar-refractivity contribution in [1.82, 2.24) is 14.8 Å². The summed E-state index contributed by atoms with van der Waals surface area (Å²) < 4.78 is 0. The molecule has 6 heteroatoms. The van der Waals surface area contributed by atoms with Gasteiger partial charge in [0, 0.05) is 24.8 Å². The van der Waals surface area contributed by atoms with Gasteiger partial charge in [-0.3, -0.25) is 14.5 Å². The average Bonchev–Trinajstić information content (AvgIpc) is 3.22. The first-order valence-electron chi connectivity index (χ1n) is 9.44. The van der Waals surface area contributed by atoms with E-state index in [0.717, 1.165) is 31.6 Å². The van der Waals surface area contributed by atoms with Gasteiger partial charge in [0.25, 0.3) is 11.5 Å². The van der Waals surface area contributed by atoms with Gasteiger partial charge in [-0.2, -0.15) is 0 Å². The molecule has 0 bridgehead atoms. The van der Waals surface area contributed by atoms with Crippen LogP contribution in [0.3, 0.4) is 0 Å². The van der Waals surface area contributed by atoms with Crippen LogP contribution in [0.4, 0.5) is 0 Å². The molecule has 1 saturated carbocycles. The van der Waals surface area contributed by atoms with E-state index in [1.54, 1.807) is 19.1 Å². The van der Waals surface area contributed by atoms with Crippen molar-refractivity contribution in [2.75, 3.05) is 26.2 Å². The van der Waals surface area contributed by atoms with Crippen LogP contribution in [0, 0.1) is 18.8 Å². The van der Waals surface area contributed by atoms with Crippen LogP contribution in [-0.2, 0) is 0 Å². The first-order valence-corrected chi connectivity index (χ1v) is 9.44. The lowest BCUT2D eigenvalue weighted by Gasteiger charge is -2.40. The Kier molecular flexibility index (Phi) is 4.41. The van der Waals surface area contributed by atoms with Crippen molar-refractivity contribution in [1.29, 1.82) is 0 Å². The highest BCUT2D eigenvalue weighted by Gasteiger charge is 2.45. The molecule has 0 unspecified atom stereocenters. The zero-order valence-corrected chi connectivity index (χ0v) is 14.8. The lowest BCUT2D eigenvalue weighted by Crippen LogP contribution is -2.48. The molecule has 3 fully saturated rings. The third-order valence-corrected chi connectivity index (χ3v) is 6.29. The first kappa shape index (κ1) is 16.8. The van der Waals surface area contributed by atoms with Crippen LogP contribution in [0.25, 0.3) is 0 Å². The quantitative estimate of drug-likeness (QED) is 0.838. The summed E-state index contributed by atoms with van der Waals surface area (Å²) in [5.41, 5.74) is 0.670. The van der Waals surface area contributed by atoms with Crippen molar-refractivity contribution in [3.8, 4) is 0 Å². The fraction of sp³-hybridized carbons (Fsp3) is 0.684. The van der Waals surface area contributed by atoms with E-state index in [0.29, 0.717) is 24.9 Å². The highest BCUT2D eigenvalue weighted by molar-refractivity contribution is 5.94. The van der Waals surface area contributed by atoms with Crippen molar-refractivity contribution in [2.24, 2.45) is 11.8 Å². The summed E-state index contributed by atoms with van der Waals surface area (Å²) in [6.07, 6.45) is 3.87. The highest BCUT2D eigenvalue weighted by atomic mass is 16.3. The number of rotatable bonds is 2. The van der Waals surface area contributed by atoms with Gasteiger partial charge in [0.1, 0.15) is 5.56 Å². The van der Waals surface area contributed by atoms with Crippen molar-refractivity contribution < 1.29 is 9.90 Å². The van der Waals surface area contributed by atoms with Gasteiger partial charge in [0.15, 0.2) is 0 Å². The molecule has 3 aliphatic rings. The molecular weight excluding hydrogens is 318 g/mol. The van der Waals surface area contributed by atoms with E-state index in [1.165, 1.54) is 12.8 Å². The van der Waals surface area contributed by atoms with E-state index in [4.69, 9.17) is 0 Å². The number of aromatic nitrogens is 1. The molecule has 0 radical (unpaired) electrons. The number of H-pyrrole nitrogens is 1. The summed E-state index contributed by atoms with van der Waals surface area (Å²) in [6.45, 7) is 5.33. The highest BCUT2D eigenvalue weighted by Crippen LogP contribution is 2.39. The molecule has 3 heterocycles. The van der Waals surface area contributed by atoms with Crippen molar-refractivity contribution in [2.45, 2.75) is 44.8 Å². The maximum absolute atomic E-state index is 12.8. The molecule has 4 rings (SSSR count). The third kappa shape index (κ3) is 3.13. The summed E-state index contributed by atoms with van der Waals surface area (Å²) >= 11 is 0. The van der Waals surface area contributed by atoms with Crippen LogP contribution < -0.4 is 5.56 Å². The van der Waals surface area contributed by atoms with Gasteiger partial charge in [-0.05, 0) is 69.7 Å². The Labute approximate surface area is 147 Å². The summed E-state index contributed by atoms with van der Waals surface area (Å²) in [5.74, 6) is 0.604. The van der Waals surface area contributed by atoms with Crippen molar-refractivity contribution in [3.05, 3.63) is 33.7 Å². The maximum Gasteiger partial charge on any atom is 0.260 e. The number of aliphatic hydroxyl groups is 1. The Hall–Kier alpha value is -1.66.